The van der Waals surface area contributed by atoms with Gasteiger partial charge in [0.1, 0.15) is 12.4 Å². The molecule has 1 N–H and O–H groups in total. The number of furan rings is 1. The number of piperidine rings is 1. The summed E-state index contributed by atoms with van der Waals surface area (Å²) in [7, 11) is 1.59. The lowest BCUT2D eigenvalue weighted by atomic mass is 9.89. The van der Waals surface area contributed by atoms with Gasteiger partial charge in [-0.3, -0.25) is 9.69 Å². The Kier molecular flexibility index (Phi) is 6.47. The fraction of sp³-hybridized carbons (Fsp3) is 0.722. The number of hydrogen-bond donors (Lipinski definition) is 1. The molecule has 2 unspecified atom stereocenters. The zero-order chi connectivity index (χ0) is 17.6. The number of carbonyl (C=O) groups excluding carboxylic acids is 1. The average molecular weight is 352 g/mol. The van der Waals surface area contributed by atoms with Gasteiger partial charge in [-0.15, -0.1) is 0 Å². The van der Waals surface area contributed by atoms with Gasteiger partial charge in [-0.2, -0.15) is 0 Å². The van der Waals surface area contributed by atoms with Crippen LogP contribution in [0.2, 0.25) is 0 Å². The summed E-state index contributed by atoms with van der Waals surface area (Å²) in [5, 5.41) is 9.65. The predicted octanol–water partition coefficient (Wildman–Crippen LogP) is 0.829. The van der Waals surface area contributed by atoms with Crippen molar-refractivity contribution in [1.29, 1.82) is 0 Å². The number of amides is 1. The van der Waals surface area contributed by atoms with Crippen molar-refractivity contribution in [1.82, 2.24) is 9.80 Å². The summed E-state index contributed by atoms with van der Waals surface area (Å²) < 4.78 is 16.0. The fourth-order valence-corrected chi connectivity index (χ4v) is 3.77. The normalized spacial score (nSPS) is 25.3. The first-order valence-electron chi connectivity index (χ1n) is 8.97. The molecule has 2 saturated heterocycles. The van der Waals surface area contributed by atoms with Gasteiger partial charge in [0, 0.05) is 46.4 Å². The van der Waals surface area contributed by atoms with Gasteiger partial charge < -0.3 is 23.9 Å². The molecule has 0 radical (unpaired) electrons. The molecule has 140 valence electrons. The van der Waals surface area contributed by atoms with Crippen LogP contribution in [0, 0.1) is 11.8 Å². The number of aliphatic hydroxyl groups excluding tert-OH is 1. The van der Waals surface area contributed by atoms with Crippen LogP contribution in [-0.4, -0.2) is 80.5 Å². The summed E-state index contributed by atoms with van der Waals surface area (Å²) in [6.07, 6.45) is 0.949. The van der Waals surface area contributed by atoms with Crippen molar-refractivity contribution in [2.24, 2.45) is 11.8 Å². The molecule has 2 aliphatic heterocycles. The van der Waals surface area contributed by atoms with Gasteiger partial charge in [0.25, 0.3) is 5.91 Å². The maximum Gasteiger partial charge on any atom is 0.289 e. The third-order valence-electron chi connectivity index (χ3n) is 4.95. The highest BCUT2D eigenvalue weighted by Gasteiger charge is 2.32. The van der Waals surface area contributed by atoms with Crippen LogP contribution in [0.1, 0.15) is 22.7 Å². The van der Waals surface area contributed by atoms with E-state index in [1.165, 1.54) is 0 Å². The smallest absolute Gasteiger partial charge is 0.289 e. The summed E-state index contributed by atoms with van der Waals surface area (Å²) >= 11 is 0. The summed E-state index contributed by atoms with van der Waals surface area (Å²) in [4.78, 5) is 17.0. The highest BCUT2D eigenvalue weighted by Crippen LogP contribution is 2.25. The van der Waals surface area contributed by atoms with E-state index in [2.05, 4.69) is 4.90 Å². The van der Waals surface area contributed by atoms with Crippen molar-refractivity contribution in [3.63, 3.8) is 0 Å². The second-order valence-electron chi connectivity index (χ2n) is 6.97. The molecule has 0 saturated carbocycles. The molecule has 0 bridgehead atoms. The monoisotopic (exact) mass is 352 g/mol. The maximum absolute atomic E-state index is 12.8. The molecule has 2 fully saturated rings. The Balaban J connectivity index is 1.63. The quantitative estimate of drug-likeness (QED) is 0.817. The van der Waals surface area contributed by atoms with E-state index < -0.39 is 0 Å². The van der Waals surface area contributed by atoms with Crippen LogP contribution in [0.5, 0.6) is 0 Å². The van der Waals surface area contributed by atoms with Gasteiger partial charge in [-0.25, -0.2) is 0 Å². The van der Waals surface area contributed by atoms with Crippen molar-refractivity contribution in [3.05, 3.63) is 23.7 Å². The van der Waals surface area contributed by atoms with Crippen LogP contribution in [0.4, 0.5) is 0 Å². The fourth-order valence-electron chi connectivity index (χ4n) is 3.77. The lowest BCUT2D eigenvalue weighted by Crippen LogP contribution is -2.49. The molecule has 0 aromatic carbocycles. The highest BCUT2D eigenvalue weighted by molar-refractivity contribution is 5.91. The zero-order valence-corrected chi connectivity index (χ0v) is 14.9. The minimum Gasteiger partial charge on any atom is -0.453 e. The van der Waals surface area contributed by atoms with Gasteiger partial charge >= 0.3 is 0 Å². The summed E-state index contributed by atoms with van der Waals surface area (Å²) in [6.45, 7) is 6.10. The largest absolute Gasteiger partial charge is 0.453 e. The van der Waals surface area contributed by atoms with Crippen LogP contribution in [0.3, 0.4) is 0 Å². The van der Waals surface area contributed by atoms with Gasteiger partial charge in [0.05, 0.1) is 13.2 Å². The second kappa shape index (κ2) is 8.80. The maximum atomic E-state index is 12.8. The van der Waals surface area contributed by atoms with Crippen molar-refractivity contribution in [2.45, 2.75) is 13.0 Å². The minimum atomic E-state index is -0.104. The summed E-state index contributed by atoms with van der Waals surface area (Å²) in [6, 6.07) is 3.48. The number of hydrogen-bond acceptors (Lipinski definition) is 6. The van der Waals surface area contributed by atoms with Crippen LogP contribution in [0.15, 0.2) is 16.5 Å². The molecule has 7 heteroatoms. The molecule has 2 aliphatic rings. The molecular weight excluding hydrogens is 324 g/mol. The Labute approximate surface area is 148 Å². The Bertz CT molecular complexity index is 555. The number of morpholine rings is 1. The van der Waals surface area contributed by atoms with E-state index in [-0.39, 0.29) is 18.4 Å². The van der Waals surface area contributed by atoms with Crippen molar-refractivity contribution in [3.8, 4) is 0 Å². The Morgan fingerprint density at radius 3 is 2.76 bits per heavy atom. The lowest BCUT2D eigenvalue weighted by molar-refractivity contribution is 0.0123. The van der Waals surface area contributed by atoms with E-state index in [0.717, 1.165) is 39.3 Å². The van der Waals surface area contributed by atoms with Gasteiger partial charge in [0.15, 0.2) is 5.76 Å². The minimum absolute atomic E-state index is 0.104. The number of ether oxygens (including phenoxy) is 2. The molecule has 1 aromatic heterocycles. The molecular formula is C18H28N2O5. The molecule has 0 aliphatic carbocycles. The summed E-state index contributed by atoms with van der Waals surface area (Å²) in [5.41, 5.74) is 0. The SMILES string of the molecule is COCc1ccc(C(=O)N2CC(CO)CC(CN3CCOCC3)C2)o1. The number of aliphatic hydroxyl groups is 1. The first kappa shape index (κ1) is 18.4. The van der Waals surface area contributed by atoms with E-state index in [0.29, 0.717) is 37.1 Å². The number of likely N-dealkylation sites (tertiary alicyclic amines) is 1. The molecule has 25 heavy (non-hydrogen) atoms. The van der Waals surface area contributed by atoms with Gasteiger partial charge in [-0.1, -0.05) is 0 Å². The third-order valence-corrected chi connectivity index (χ3v) is 4.95. The van der Waals surface area contributed by atoms with Crippen LogP contribution < -0.4 is 0 Å². The topological polar surface area (TPSA) is 75.4 Å². The summed E-state index contributed by atoms with van der Waals surface area (Å²) in [5.74, 6) is 1.37. The highest BCUT2D eigenvalue weighted by atomic mass is 16.5. The number of carbonyl (C=O) groups is 1. The number of methoxy groups -OCH3 is 1. The lowest BCUT2D eigenvalue weighted by Gasteiger charge is -2.39. The van der Waals surface area contributed by atoms with Crippen molar-refractivity contribution >= 4 is 5.91 Å². The van der Waals surface area contributed by atoms with E-state index in [4.69, 9.17) is 13.9 Å². The van der Waals surface area contributed by atoms with Crippen LogP contribution in [0.25, 0.3) is 0 Å². The molecule has 3 rings (SSSR count). The number of rotatable bonds is 6. The van der Waals surface area contributed by atoms with Crippen molar-refractivity contribution < 1.29 is 23.8 Å². The molecule has 0 spiro atoms. The van der Waals surface area contributed by atoms with Gasteiger partial charge in [0.2, 0.25) is 0 Å². The molecule has 2 atom stereocenters. The molecule has 1 amide bonds. The average Bonchev–Trinajstić information content (AvgIpc) is 3.10. The van der Waals surface area contributed by atoms with E-state index in [9.17, 15) is 9.90 Å². The van der Waals surface area contributed by atoms with E-state index in [1.807, 2.05) is 4.90 Å². The zero-order valence-electron chi connectivity index (χ0n) is 14.9. The third kappa shape index (κ3) is 4.82. The standard InChI is InChI=1S/C18H28N2O5/c1-23-13-16-2-3-17(25-16)18(22)20-10-14(8-15(11-20)12-21)9-19-4-6-24-7-5-19/h2-3,14-15,21H,4-13H2,1H3. The Hall–Kier alpha value is -1.41. The molecule has 7 nitrogen and oxygen atoms in total. The first-order valence-corrected chi connectivity index (χ1v) is 8.97. The van der Waals surface area contributed by atoms with E-state index >= 15 is 0 Å². The second-order valence-corrected chi connectivity index (χ2v) is 6.97. The molecule has 1 aromatic rings. The van der Waals surface area contributed by atoms with Crippen molar-refractivity contribution in [2.75, 3.05) is 59.7 Å². The van der Waals surface area contributed by atoms with Crippen LogP contribution in [-0.2, 0) is 16.1 Å². The molecule has 3 heterocycles. The predicted molar refractivity (Wildman–Crippen MR) is 91.3 cm³/mol. The number of nitrogens with zero attached hydrogens (tertiary/aromatic N) is 2. The van der Waals surface area contributed by atoms with Crippen LogP contribution >= 0.6 is 0 Å². The first-order chi connectivity index (χ1) is 12.2. The Morgan fingerprint density at radius 1 is 1.28 bits per heavy atom. The van der Waals surface area contributed by atoms with Gasteiger partial charge in [-0.05, 0) is 30.4 Å². The van der Waals surface area contributed by atoms with E-state index in [1.54, 1.807) is 19.2 Å². The Morgan fingerprint density at radius 2 is 2.04 bits per heavy atom.